The molecule has 1 atom stereocenters. The van der Waals surface area contributed by atoms with Crippen molar-refractivity contribution in [2.75, 3.05) is 0 Å². The van der Waals surface area contributed by atoms with Gasteiger partial charge in [0, 0.05) is 10.9 Å². The second-order valence-corrected chi connectivity index (χ2v) is 4.98. The highest BCUT2D eigenvalue weighted by atomic mass is 32.1. The van der Waals surface area contributed by atoms with Gasteiger partial charge in [-0.25, -0.2) is 9.37 Å². The Morgan fingerprint density at radius 3 is 2.57 bits per heavy atom. The van der Waals surface area contributed by atoms with Crippen LogP contribution in [-0.4, -0.2) is 16.1 Å². The number of nitrogens with zero attached hydrogens (tertiary/aromatic N) is 1. The number of thiazole rings is 1. The zero-order valence-corrected chi connectivity index (χ0v) is 11.0. The highest BCUT2D eigenvalue weighted by Gasteiger charge is 2.31. The second kappa shape index (κ2) is 5.41. The number of carboxylic acids is 1. The molecule has 0 aliphatic heterocycles. The van der Waals surface area contributed by atoms with Crippen molar-refractivity contribution in [2.45, 2.75) is 12.2 Å². The highest BCUT2D eigenvalue weighted by Crippen LogP contribution is 2.34. The van der Waals surface area contributed by atoms with Crippen LogP contribution >= 0.6 is 11.3 Å². The molecule has 1 heterocycles. The van der Waals surface area contributed by atoms with Gasteiger partial charge >= 0.3 is 12.1 Å². The number of nitrogens with two attached hydrogens (primary N) is 1. The Morgan fingerprint density at radius 2 is 2.00 bits per heavy atom. The van der Waals surface area contributed by atoms with E-state index in [0.717, 1.165) is 23.5 Å². The van der Waals surface area contributed by atoms with Crippen LogP contribution in [0.4, 0.5) is 17.6 Å². The number of carbonyl (C=O) groups is 1. The Morgan fingerprint density at radius 1 is 1.33 bits per heavy atom. The standard InChI is InChI=1S/C12H8F4N2O2S/c13-7-2-5(1-6(3-7)12(14,15)16)10-18-8(4-21-10)9(17)11(19)20/h1-4,9H,17H2,(H,19,20). The van der Waals surface area contributed by atoms with Gasteiger partial charge in [0.25, 0.3) is 0 Å². The molecule has 2 aromatic rings. The number of halogens is 4. The first-order chi connectivity index (χ1) is 9.68. The van der Waals surface area contributed by atoms with Crippen molar-refractivity contribution in [1.29, 1.82) is 0 Å². The van der Waals surface area contributed by atoms with Gasteiger partial charge in [-0.2, -0.15) is 13.2 Å². The molecule has 21 heavy (non-hydrogen) atoms. The Balaban J connectivity index is 2.43. The molecular weight excluding hydrogens is 312 g/mol. The normalized spacial score (nSPS) is 13.2. The van der Waals surface area contributed by atoms with E-state index in [1.165, 1.54) is 5.38 Å². The van der Waals surface area contributed by atoms with E-state index < -0.39 is 29.6 Å². The van der Waals surface area contributed by atoms with E-state index in [1.807, 2.05) is 0 Å². The zero-order chi connectivity index (χ0) is 15.8. The van der Waals surface area contributed by atoms with Crippen molar-refractivity contribution in [2.24, 2.45) is 5.73 Å². The third-order valence-electron chi connectivity index (χ3n) is 2.58. The first kappa shape index (κ1) is 15.4. The topological polar surface area (TPSA) is 76.2 Å². The first-order valence-electron chi connectivity index (χ1n) is 5.50. The third kappa shape index (κ3) is 3.37. The van der Waals surface area contributed by atoms with Crippen LogP contribution in [0.1, 0.15) is 17.3 Å². The average molecular weight is 320 g/mol. The molecule has 0 saturated carbocycles. The molecule has 4 nitrogen and oxygen atoms in total. The molecule has 0 bridgehead atoms. The summed E-state index contributed by atoms with van der Waals surface area (Å²) in [6.45, 7) is 0. The maximum Gasteiger partial charge on any atom is 0.416 e. The average Bonchev–Trinajstić information content (AvgIpc) is 2.85. The van der Waals surface area contributed by atoms with Crippen molar-refractivity contribution >= 4 is 17.3 Å². The minimum absolute atomic E-state index is 0.000296. The van der Waals surface area contributed by atoms with Gasteiger partial charge in [-0.05, 0) is 18.2 Å². The smallest absolute Gasteiger partial charge is 0.416 e. The molecule has 1 aromatic carbocycles. The number of carboxylic acid groups (broad SMARTS) is 1. The lowest BCUT2D eigenvalue weighted by molar-refractivity contribution is -0.139. The fourth-order valence-electron chi connectivity index (χ4n) is 1.56. The molecule has 0 fully saturated rings. The highest BCUT2D eigenvalue weighted by molar-refractivity contribution is 7.13. The van der Waals surface area contributed by atoms with Crippen LogP contribution in [0.15, 0.2) is 23.6 Å². The number of hydrogen-bond acceptors (Lipinski definition) is 4. The lowest BCUT2D eigenvalue weighted by Crippen LogP contribution is -2.20. The van der Waals surface area contributed by atoms with Crippen molar-refractivity contribution in [1.82, 2.24) is 4.98 Å². The molecule has 9 heteroatoms. The largest absolute Gasteiger partial charge is 0.480 e. The number of aliphatic carboxylic acids is 1. The first-order valence-corrected chi connectivity index (χ1v) is 6.38. The Labute approximate surface area is 119 Å². The molecule has 0 aliphatic carbocycles. The van der Waals surface area contributed by atoms with E-state index in [1.54, 1.807) is 0 Å². The van der Waals surface area contributed by atoms with Gasteiger partial charge in [-0.3, -0.25) is 4.79 Å². The molecule has 2 rings (SSSR count). The lowest BCUT2D eigenvalue weighted by atomic mass is 10.1. The summed E-state index contributed by atoms with van der Waals surface area (Å²) < 4.78 is 51.2. The molecule has 0 spiro atoms. The van der Waals surface area contributed by atoms with E-state index in [-0.39, 0.29) is 16.3 Å². The molecular formula is C12H8F4N2O2S. The summed E-state index contributed by atoms with van der Waals surface area (Å²) in [5.41, 5.74) is 4.12. The van der Waals surface area contributed by atoms with Crippen molar-refractivity contribution in [3.63, 3.8) is 0 Å². The maximum atomic E-state index is 13.3. The van der Waals surface area contributed by atoms with Gasteiger partial charge in [-0.1, -0.05) is 0 Å². The van der Waals surface area contributed by atoms with Crippen LogP contribution in [0.2, 0.25) is 0 Å². The fourth-order valence-corrected chi connectivity index (χ4v) is 2.41. The van der Waals surface area contributed by atoms with Gasteiger partial charge < -0.3 is 10.8 Å². The number of hydrogen-bond donors (Lipinski definition) is 2. The van der Waals surface area contributed by atoms with E-state index in [4.69, 9.17) is 10.8 Å². The predicted molar refractivity (Wildman–Crippen MR) is 67.1 cm³/mol. The molecule has 0 aliphatic rings. The number of benzene rings is 1. The minimum Gasteiger partial charge on any atom is -0.480 e. The Hall–Kier alpha value is -2.00. The van der Waals surface area contributed by atoms with E-state index in [2.05, 4.69) is 4.98 Å². The van der Waals surface area contributed by atoms with Crippen LogP contribution < -0.4 is 5.73 Å². The minimum atomic E-state index is -4.69. The summed E-state index contributed by atoms with van der Waals surface area (Å²) in [5.74, 6) is -2.37. The Bertz CT molecular complexity index is 684. The Kier molecular flexibility index (Phi) is 3.97. The SMILES string of the molecule is NC(C(=O)O)c1csc(-c2cc(F)cc(C(F)(F)F)c2)n1. The molecule has 112 valence electrons. The van der Waals surface area contributed by atoms with Gasteiger partial charge in [0.1, 0.15) is 16.9 Å². The lowest BCUT2D eigenvalue weighted by Gasteiger charge is -2.08. The molecule has 1 unspecified atom stereocenters. The summed E-state index contributed by atoms with van der Waals surface area (Å²) in [6, 6.07) is 0.633. The summed E-state index contributed by atoms with van der Waals surface area (Å²) in [5, 5.41) is 10.1. The van der Waals surface area contributed by atoms with Gasteiger partial charge in [0.05, 0.1) is 11.3 Å². The molecule has 1 aromatic heterocycles. The van der Waals surface area contributed by atoms with Crippen molar-refractivity contribution in [3.05, 3.63) is 40.7 Å². The van der Waals surface area contributed by atoms with E-state index >= 15 is 0 Å². The van der Waals surface area contributed by atoms with Crippen molar-refractivity contribution in [3.8, 4) is 10.6 Å². The number of rotatable bonds is 3. The fraction of sp³-hybridized carbons (Fsp3) is 0.167. The second-order valence-electron chi connectivity index (χ2n) is 4.12. The summed E-state index contributed by atoms with van der Waals surface area (Å²) in [7, 11) is 0. The predicted octanol–water partition coefficient (Wildman–Crippen LogP) is 3.05. The molecule has 0 saturated heterocycles. The summed E-state index contributed by atoms with van der Waals surface area (Å²) >= 11 is 0.888. The van der Waals surface area contributed by atoms with Crippen LogP contribution in [0, 0.1) is 5.82 Å². The molecule has 0 amide bonds. The maximum absolute atomic E-state index is 13.3. The third-order valence-corrected chi connectivity index (χ3v) is 3.49. The van der Waals surface area contributed by atoms with Crippen LogP contribution in [0.5, 0.6) is 0 Å². The van der Waals surface area contributed by atoms with Crippen LogP contribution in [-0.2, 0) is 11.0 Å². The summed E-state index contributed by atoms with van der Waals surface area (Å²) in [6.07, 6.45) is -4.69. The van der Waals surface area contributed by atoms with Gasteiger partial charge in [0.2, 0.25) is 0 Å². The molecule has 0 radical (unpaired) electrons. The van der Waals surface area contributed by atoms with Crippen LogP contribution in [0.25, 0.3) is 10.6 Å². The monoisotopic (exact) mass is 320 g/mol. The van der Waals surface area contributed by atoms with Gasteiger partial charge in [-0.15, -0.1) is 11.3 Å². The number of aromatic nitrogens is 1. The number of alkyl halides is 3. The zero-order valence-electron chi connectivity index (χ0n) is 10.2. The molecule has 3 N–H and O–H groups in total. The van der Waals surface area contributed by atoms with E-state index in [0.29, 0.717) is 6.07 Å². The van der Waals surface area contributed by atoms with Crippen LogP contribution in [0.3, 0.4) is 0 Å². The van der Waals surface area contributed by atoms with Gasteiger partial charge in [0.15, 0.2) is 0 Å². The van der Waals surface area contributed by atoms with E-state index in [9.17, 15) is 22.4 Å². The van der Waals surface area contributed by atoms with Crippen molar-refractivity contribution < 1.29 is 27.5 Å². The summed E-state index contributed by atoms with van der Waals surface area (Å²) in [4.78, 5) is 14.6. The quantitative estimate of drug-likeness (QED) is 0.852.